The smallest absolute Gasteiger partial charge is 0.264 e. The van der Waals surface area contributed by atoms with Crippen molar-refractivity contribution in [2.75, 3.05) is 23.3 Å². The molecule has 1 aliphatic rings. The fourth-order valence-corrected chi connectivity index (χ4v) is 3.21. The highest BCUT2D eigenvalue weighted by Gasteiger charge is 2.17. The zero-order valence-corrected chi connectivity index (χ0v) is 14.9. The van der Waals surface area contributed by atoms with E-state index in [2.05, 4.69) is 27.1 Å². The number of aromatic amines is 1. The van der Waals surface area contributed by atoms with Gasteiger partial charge in [-0.1, -0.05) is 6.92 Å². The van der Waals surface area contributed by atoms with E-state index < -0.39 is 11.5 Å². The van der Waals surface area contributed by atoms with E-state index in [1.807, 2.05) is 24.3 Å². The Morgan fingerprint density at radius 3 is 2.44 bits per heavy atom. The van der Waals surface area contributed by atoms with E-state index >= 15 is 0 Å². The van der Waals surface area contributed by atoms with Gasteiger partial charge in [-0.3, -0.25) is 9.59 Å². The average molecular weight is 340 g/mol. The van der Waals surface area contributed by atoms with Gasteiger partial charge in [-0.25, -0.2) is 4.98 Å². The number of hydrogen-bond donors (Lipinski definition) is 2. The number of amides is 1. The number of carbonyl (C=O) groups excluding carboxylic acids is 1. The minimum atomic E-state index is -0.439. The average Bonchev–Trinajstić information content (AvgIpc) is 2.55. The molecule has 2 N–H and O–H groups in total. The zero-order chi connectivity index (χ0) is 18.0. The van der Waals surface area contributed by atoms with Crippen molar-refractivity contribution < 1.29 is 4.79 Å². The fourth-order valence-electron chi connectivity index (χ4n) is 3.21. The summed E-state index contributed by atoms with van der Waals surface area (Å²) in [5.74, 6) is 0.851. The molecule has 2 aromatic rings. The summed E-state index contributed by atoms with van der Waals surface area (Å²) in [7, 11) is 0. The summed E-state index contributed by atoms with van der Waals surface area (Å²) in [6.45, 7) is 7.78. The van der Waals surface area contributed by atoms with E-state index in [0.29, 0.717) is 17.2 Å². The van der Waals surface area contributed by atoms with Crippen molar-refractivity contribution in [3.05, 3.63) is 51.7 Å². The molecule has 1 aliphatic heterocycles. The molecule has 6 heteroatoms. The third-order valence-corrected chi connectivity index (χ3v) is 4.72. The molecule has 1 saturated heterocycles. The highest BCUT2D eigenvalue weighted by molar-refractivity contribution is 6.04. The number of aryl methyl sites for hydroxylation is 2. The summed E-state index contributed by atoms with van der Waals surface area (Å²) in [5, 5.41) is 2.78. The maximum absolute atomic E-state index is 12.4. The summed E-state index contributed by atoms with van der Waals surface area (Å²) in [5.41, 5.74) is 1.90. The van der Waals surface area contributed by atoms with Gasteiger partial charge in [0.2, 0.25) is 0 Å². The van der Waals surface area contributed by atoms with Gasteiger partial charge in [-0.2, -0.15) is 0 Å². The minimum absolute atomic E-state index is 0.0553. The number of piperidine rings is 1. The second-order valence-corrected chi connectivity index (χ2v) is 6.78. The lowest BCUT2D eigenvalue weighted by atomic mass is 9.99. The normalized spacial score (nSPS) is 15.2. The standard InChI is InChI=1S/C19H24N4O2/c1-12-8-10-23(11-9-12)16-6-4-15(5-7-16)22-19(25)17-13(2)20-14(3)21-18(17)24/h4-7,12H,8-11H2,1-3H3,(H,22,25)(H,20,21,24). The monoisotopic (exact) mass is 340 g/mol. The van der Waals surface area contributed by atoms with E-state index in [1.165, 1.54) is 12.8 Å². The molecule has 0 unspecified atom stereocenters. The molecule has 2 heterocycles. The van der Waals surface area contributed by atoms with Crippen molar-refractivity contribution in [1.29, 1.82) is 0 Å². The molecule has 0 saturated carbocycles. The predicted molar refractivity (Wildman–Crippen MR) is 99.3 cm³/mol. The topological polar surface area (TPSA) is 78.1 Å². The lowest BCUT2D eigenvalue weighted by molar-refractivity contribution is 0.102. The Kier molecular flexibility index (Phi) is 4.88. The first-order valence-electron chi connectivity index (χ1n) is 8.68. The van der Waals surface area contributed by atoms with Crippen molar-refractivity contribution >= 4 is 17.3 Å². The Morgan fingerprint density at radius 2 is 1.84 bits per heavy atom. The predicted octanol–water partition coefficient (Wildman–Crippen LogP) is 2.88. The van der Waals surface area contributed by atoms with Crippen LogP contribution in [0, 0.1) is 19.8 Å². The molecule has 132 valence electrons. The Morgan fingerprint density at radius 1 is 1.20 bits per heavy atom. The van der Waals surface area contributed by atoms with Gasteiger partial charge in [0.15, 0.2) is 0 Å². The van der Waals surface area contributed by atoms with Crippen LogP contribution >= 0.6 is 0 Å². The van der Waals surface area contributed by atoms with Crippen LogP contribution in [0.1, 0.15) is 41.6 Å². The van der Waals surface area contributed by atoms with Crippen LogP contribution in [0.4, 0.5) is 11.4 Å². The molecular weight excluding hydrogens is 316 g/mol. The van der Waals surface area contributed by atoms with Gasteiger partial charge in [0, 0.05) is 24.5 Å². The van der Waals surface area contributed by atoms with Gasteiger partial charge in [0.25, 0.3) is 11.5 Å². The largest absolute Gasteiger partial charge is 0.372 e. The molecule has 1 fully saturated rings. The molecule has 0 aliphatic carbocycles. The SMILES string of the molecule is Cc1nc(C)c(C(=O)Nc2ccc(N3CCC(C)CC3)cc2)c(=O)[nH]1. The van der Waals surface area contributed by atoms with Gasteiger partial charge in [-0.15, -0.1) is 0 Å². The van der Waals surface area contributed by atoms with E-state index in [-0.39, 0.29) is 5.56 Å². The summed E-state index contributed by atoms with van der Waals surface area (Å²) >= 11 is 0. The van der Waals surface area contributed by atoms with Crippen LogP contribution in [0.2, 0.25) is 0 Å². The molecule has 0 atom stereocenters. The number of aromatic nitrogens is 2. The number of nitrogens with one attached hydrogen (secondary N) is 2. The second kappa shape index (κ2) is 7.09. The first-order valence-corrected chi connectivity index (χ1v) is 8.68. The molecule has 3 rings (SSSR count). The quantitative estimate of drug-likeness (QED) is 0.900. The van der Waals surface area contributed by atoms with E-state index in [0.717, 1.165) is 24.7 Å². The molecule has 6 nitrogen and oxygen atoms in total. The number of nitrogens with zero attached hydrogens (tertiary/aromatic N) is 2. The van der Waals surface area contributed by atoms with Crippen LogP contribution in [0.5, 0.6) is 0 Å². The molecule has 0 bridgehead atoms. The van der Waals surface area contributed by atoms with Crippen LogP contribution in [0.15, 0.2) is 29.1 Å². The van der Waals surface area contributed by atoms with Crippen LogP contribution in [-0.4, -0.2) is 29.0 Å². The summed E-state index contributed by atoms with van der Waals surface area (Å²) < 4.78 is 0. The molecule has 0 radical (unpaired) electrons. The zero-order valence-electron chi connectivity index (χ0n) is 14.9. The van der Waals surface area contributed by atoms with Crippen LogP contribution < -0.4 is 15.8 Å². The van der Waals surface area contributed by atoms with Gasteiger partial charge in [0.1, 0.15) is 11.4 Å². The number of rotatable bonds is 3. The Bertz CT molecular complexity index is 818. The van der Waals surface area contributed by atoms with Gasteiger partial charge < -0.3 is 15.2 Å². The molecule has 0 spiro atoms. The van der Waals surface area contributed by atoms with Crippen LogP contribution in [-0.2, 0) is 0 Å². The van der Waals surface area contributed by atoms with Gasteiger partial charge >= 0.3 is 0 Å². The fraction of sp³-hybridized carbons (Fsp3) is 0.421. The number of H-pyrrole nitrogens is 1. The molecule has 25 heavy (non-hydrogen) atoms. The number of anilines is 2. The molecule has 1 amide bonds. The number of carbonyl (C=O) groups is 1. The van der Waals surface area contributed by atoms with E-state index in [1.54, 1.807) is 13.8 Å². The van der Waals surface area contributed by atoms with Gasteiger partial charge in [0.05, 0.1) is 5.69 Å². The second-order valence-electron chi connectivity index (χ2n) is 6.78. The van der Waals surface area contributed by atoms with Gasteiger partial charge in [-0.05, 0) is 56.9 Å². The van der Waals surface area contributed by atoms with Crippen molar-refractivity contribution in [3.8, 4) is 0 Å². The number of benzene rings is 1. The number of hydrogen-bond acceptors (Lipinski definition) is 4. The molecular formula is C19H24N4O2. The Hall–Kier alpha value is -2.63. The highest BCUT2D eigenvalue weighted by atomic mass is 16.2. The van der Waals surface area contributed by atoms with Crippen molar-refractivity contribution in [1.82, 2.24) is 9.97 Å². The summed E-state index contributed by atoms with van der Waals surface area (Å²) in [6, 6.07) is 7.76. The maximum Gasteiger partial charge on any atom is 0.264 e. The first kappa shape index (κ1) is 17.2. The van der Waals surface area contributed by atoms with Crippen LogP contribution in [0.3, 0.4) is 0 Å². The maximum atomic E-state index is 12.4. The van der Waals surface area contributed by atoms with Crippen molar-refractivity contribution in [2.24, 2.45) is 5.92 Å². The third-order valence-electron chi connectivity index (χ3n) is 4.72. The molecule has 1 aromatic heterocycles. The van der Waals surface area contributed by atoms with Crippen molar-refractivity contribution in [2.45, 2.75) is 33.6 Å². The summed E-state index contributed by atoms with van der Waals surface area (Å²) in [6.07, 6.45) is 2.42. The van der Waals surface area contributed by atoms with E-state index in [4.69, 9.17) is 0 Å². The van der Waals surface area contributed by atoms with Crippen LogP contribution in [0.25, 0.3) is 0 Å². The Labute approximate surface area is 147 Å². The third kappa shape index (κ3) is 3.90. The highest BCUT2D eigenvalue weighted by Crippen LogP contribution is 2.24. The van der Waals surface area contributed by atoms with Crippen molar-refractivity contribution in [3.63, 3.8) is 0 Å². The Balaban J connectivity index is 1.71. The van der Waals surface area contributed by atoms with E-state index in [9.17, 15) is 9.59 Å². The lowest BCUT2D eigenvalue weighted by Crippen LogP contribution is -2.32. The summed E-state index contributed by atoms with van der Waals surface area (Å²) in [4.78, 5) is 33.5. The first-order chi connectivity index (χ1) is 11.9. The molecule has 1 aromatic carbocycles. The minimum Gasteiger partial charge on any atom is -0.372 e. The lowest BCUT2D eigenvalue weighted by Gasteiger charge is -2.32.